The molecule has 0 aliphatic carbocycles. The van der Waals surface area contributed by atoms with E-state index in [1.54, 1.807) is 0 Å². The summed E-state index contributed by atoms with van der Waals surface area (Å²) in [6.45, 7) is 5.46. The molecule has 0 bridgehead atoms. The molecule has 0 saturated carbocycles. The molecule has 0 atom stereocenters. The number of rotatable bonds is 3. The molecule has 1 aromatic heterocycles. The molecule has 15 heavy (non-hydrogen) atoms. The maximum absolute atomic E-state index is 4.02. The Morgan fingerprint density at radius 3 is 2.67 bits per heavy atom. The van der Waals surface area contributed by atoms with Crippen molar-refractivity contribution in [2.75, 3.05) is 44.8 Å². The van der Waals surface area contributed by atoms with Gasteiger partial charge in [0, 0.05) is 51.3 Å². The Morgan fingerprint density at radius 2 is 2.00 bits per heavy atom. The van der Waals surface area contributed by atoms with Crippen molar-refractivity contribution in [3.05, 3.63) is 24.5 Å². The van der Waals surface area contributed by atoms with Crippen molar-refractivity contribution in [1.82, 2.24) is 15.2 Å². The lowest BCUT2D eigenvalue weighted by atomic mass is 10.3. The van der Waals surface area contributed by atoms with E-state index in [1.165, 1.54) is 5.69 Å². The molecule has 0 unspecified atom stereocenters. The van der Waals surface area contributed by atoms with E-state index in [2.05, 4.69) is 27.1 Å². The lowest BCUT2D eigenvalue weighted by Gasteiger charge is -2.32. The largest absolute Gasteiger partial charge is 0.362 e. The predicted octanol–water partition coefficient (Wildman–Crippen LogP) is 0.381. The number of nitrogens with one attached hydrogen (secondary N) is 1. The number of anilines is 1. The number of hydrogen-bond acceptors (Lipinski definition) is 4. The highest BCUT2D eigenvalue weighted by Crippen LogP contribution is 2.10. The van der Waals surface area contributed by atoms with Crippen molar-refractivity contribution >= 4 is 5.69 Å². The Morgan fingerprint density at radius 1 is 1.33 bits per heavy atom. The third kappa shape index (κ3) is 2.91. The molecule has 1 aromatic rings. The van der Waals surface area contributed by atoms with Gasteiger partial charge in [0.2, 0.25) is 0 Å². The first kappa shape index (κ1) is 10.4. The maximum Gasteiger partial charge on any atom is 0.0704 e. The molecule has 1 aliphatic heterocycles. The molecule has 82 valence electrons. The van der Waals surface area contributed by atoms with Crippen LogP contribution in [0.3, 0.4) is 0 Å². The van der Waals surface area contributed by atoms with Crippen LogP contribution in [0.15, 0.2) is 24.5 Å². The second kappa shape index (κ2) is 5.09. The molecule has 4 nitrogen and oxygen atoms in total. The smallest absolute Gasteiger partial charge is 0.0704 e. The van der Waals surface area contributed by atoms with Crippen molar-refractivity contribution in [3.8, 4) is 0 Å². The van der Waals surface area contributed by atoms with Crippen LogP contribution in [0.25, 0.3) is 0 Å². The molecule has 1 N–H and O–H groups in total. The zero-order valence-corrected chi connectivity index (χ0v) is 9.19. The second-order valence-corrected chi connectivity index (χ2v) is 3.91. The fraction of sp³-hybridized carbons (Fsp3) is 0.545. The molecular formula is C11H18N4. The highest BCUT2D eigenvalue weighted by atomic mass is 15.3. The monoisotopic (exact) mass is 206 g/mol. The molecule has 0 aromatic carbocycles. The minimum absolute atomic E-state index is 0.992. The number of pyridine rings is 1. The summed E-state index contributed by atoms with van der Waals surface area (Å²) in [5.74, 6) is 0. The Bertz CT molecular complexity index is 282. The molecule has 0 spiro atoms. The van der Waals surface area contributed by atoms with E-state index in [0.29, 0.717) is 0 Å². The van der Waals surface area contributed by atoms with Gasteiger partial charge in [0.15, 0.2) is 0 Å². The first-order valence-electron chi connectivity index (χ1n) is 5.40. The minimum atomic E-state index is 0.992. The molecular weight excluding hydrogens is 188 g/mol. The summed E-state index contributed by atoms with van der Waals surface area (Å²) < 4.78 is 0. The van der Waals surface area contributed by atoms with Gasteiger partial charge >= 0.3 is 0 Å². The first-order valence-corrected chi connectivity index (χ1v) is 5.40. The molecule has 1 aliphatic rings. The van der Waals surface area contributed by atoms with Gasteiger partial charge in [-0.3, -0.25) is 9.88 Å². The summed E-state index contributed by atoms with van der Waals surface area (Å²) in [5.41, 5.74) is 1.23. The maximum atomic E-state index is 4.02. The lowest BCUT2D eigenvalue weighted by molar-refractivity contribution is 0.243. The third-order valence-corrected chi connectivity index (χ3v) is 2.73. The predicted molar refractivity (Wildman–Crippen MR) is 61.9 cm³/mol. The van der Waals surface area contributed by atoms with E-state index in [1.807, 2.05) is 24.5 Å². The van der Waals surface area contributed by atoms with Gasteiger partial charge in [0.1, 0.15) is 0 Å². The van der Waals surface area contributed by atoms with Crippen molar-refractivity contribution in [2.45, 2.75) is 0 Å². The van der Waals surface area contributed by atoms with Crippen molar-refractivity contribution < 1.29 is 0 Å². The number of hydrogen-bond donors (Lipinski definition) is 1. The van der Waals surface area contributed by atoms with Crippen LogP contribution in [0.4, 0.5) is 5.69 Å². The Kier molecular flexibility index (Phi) is 3.53. The summed E-state index contributed by atoms with van der Waals surface area (Å²) in [6, 6.07) is 4.09. The fourth-order valence-electron chi connectivity index (χ4n) is 1.83. The van der Waals surface area contributed by atoms with Crippen LogP contribution in [0.5, 0.6) is 0 Å². The standard InChI is InChI=1S/C11H18N4/c1-14(11-2-4-12-5-3-11)10-15-8-6-13-7-9-15/h2-5,13H,6-10H2,1H3. The molecule has 1 saturated heterocycles. The summed E-state index contributed by atoms with van der Waals surface area (Å²) in [4.78, 5) is 8.74. The van der Waals surface area contributed by atoms with Gasteiger partial charge in [-0.2, -0.15) is 0 Å². The SMILES string of the molecule is CN(CN1CCNCC1)c1ccncc1. The van der Waals surface area contributed by atoms with E-state index in [4.69, 9.17) is 0 Å². The van der Waals surface area contributed by atoms with Gasteiger partial charge in [0.25, 0.3) is 0 Å². The fourth-order valence-corrected chi connectivity index (χ4v) is 1.83. The highest BCUT2D eigenvalue weighted by molar-refractivity contribution is 5.43. The molecule has 4 heteroatoms. The van der Waals surface area contributed by atoms with E-state index in [0.717, 1.165) is 32.8 Å². The Hall–Kier alpha value is -1.13. The average molecular weight is 206 g/mol. The van der Waals surface area contributed by atoms with Crippen molar-refractivity contribution in [2.24, 2.45) is 0 Å². The normalized spacial score (nSPS) is 17.7. The Labute approximate surface area is 90.9 Å². The van der Waals surface area contributed by atoms with Crippen LogP contribution in [0, 0.1) is 0 Å². The van der Waals surface area contributed by atoms with E-state index < -0.39 is 0 Å². The van der Waals surface area contributed by atoms with E-state index in [-0.39, 0.29) is 0 Å². The van der Waals surface area contributed by atoms with Crippen LogP contribution >= 0.6 is 0 Å². The van der Waals surface area contributed by atoms with Crippen molar-refractivity contribution in [1.29, 1.82) is 0 Å². The van der Waals surface area contributed by atoms with Gasteiger partial charge in [-0.15, -0.1) is 0 Å². The average Bonchev–Trinajstić information content (AvgIpc) is 2.31. The van der Waals surface area contributed by atoms with Gasteiger partial charge in [-0.1, -0.05) is 0 Å². The number of piperazine rings is 1. The number of aromatic nitrogens is 1. The third-order valence-electron chi connectivity index (χ3n) is 2.73. The molecule has 2 rings (SSSR count). The summed E-state index contributed by atoms with van der Waals surface area (Å²) in [6.07, 6.45) is 3.67. The molecule has 0 radical (unpaired) electrons. The van der Waals surface area contributed by atoms with Gasteiger partial charge < -0.3 is 10.2 Å². The van der Waals surface area contributed by atoms with E-state index >= 15 is 0 Å². The van der Waals surface area contributed by atoms with Crippen molar-refractivity contribution in [3.63, 3.8) is 0 Å². The minimum Gasteiger partial charge on any atom is -0.362 e. The highest BCUT2D eigenvalue weighted by Gasteiger charge is 2.11. The number of nitrogens with zero attached hydrogens (tertiary/aromatic N) is 3. The van der Waals surface area contributed by atoms with Crippen LogP contribution < -0.4 is 10.2 Å². The van der Waals surface area contributed by atoms with Gasteiger partial charge in [-0.25, -0.2) is 0 Å². The zero-order chi connectivity index (χ0) is 10.5. The van der Waals surface area contributed by atoms with Crippen LogP contribution in [0.2, 0.25) is 0 Å². The summed E-state index contributed by atoms with van der Waals surface area (Å²) in [7, 11) is 2.12. The molecule has 2 heterocycles. The Balaban J connectivity index is 1.88. The van der Waals surface area contributed by atoms with Crippen LogP contribution in [-0.2, 0) is 0 Å². The first-order chi connectivity index (χ1) is 7.36. The second-order valence-electron chi connectivity index (χ2n) is 3.91. The lowest BCUT2D eigenvalue weighted by Crippen LogP contribution is -2.47. The molecule has 1 fully saturated rings. The summed E-state index contributed by atoms with van der Waals surface area (Å²) >= 11 is 0. The van der Waals surface area contributed by atoms with Gasteiger partial charge in [0.05, 0.1) is 6.67 Å². The quantitative estimate of drug-likeness (QED) is 0.775. The van der Waals surface area contributed by atoms with Gasteiger partial charge in [-0.05, 0) is 12.1 Å². The molecule has 0 amide bonds. The van der Waals surface area contributed by atoms with Crippen LogP contribution in [0.1, 0.15) is 0 Å². The van der Waals surface area contributed by atoms with E-state index in [9.17, 15) is 0 Å². The summed E-state index contributed by atoms with van der Waals surface area (Å²) in [5, 5.41) is 3.36. The zero-order valence-electron chi connectivity index (χ0n) is 9.19. The van der Waals surface area contributed by atoms with Crippen LogP contribution in [-0.4, -0.2) is 49.8 Å². The topological polar surface area (TPSA) is 31.4 Å².